The first-order chi connectivity index (χ1) is 12.5. The lowest BCUT2D eigenvalue weighted by atomic mass is 10.2. The monoisotopic (exact) mass is 359 g/mol. The van der Waals surface area contributed by atoms with E-state index >= 15 is 0 Å². The Morgan fingerprint density at radius 1 is 1.15 bits per heavy atom. The van der Waals surface area contributed by atoms with Gasteiger partial charge in [-0.1, -0.05) is 0 Å². The second-order valence-electron chi connectivity index (χ2n) is 5.59. The highest BCUT2D eigenvalue weighted by atomic mass is 16.5. The second-order valence-corrected chi connectivity index (χ2v) is 5.59. The van der Waals surface area contributed by atoms with E-state index in [1.165, 1.54) is 0 Å². The van der Waals surface area contributed by atoms with Crippen molar-refractivity contribution in [1.82, 2.24) is 20.9 Å². The van der Waals surface area contributed by atoms with Crippen LogP contribution in [0, 0.1) is 13.8 Å². The van der Waals surface area contributed by atoms with Gasteiger partial charge in [0.05, 0.1) is 19.3 Å². The molecule has 1 heterocycles. The molecule has 0 fully saturated rings. The molecular formula is C18H25N5O3. The molecule has 140 valence electrons. The first-order valence-corrected chi connectivity index (χ1v) is 8.33. The Morgan fingerprint density at radius 2 is 1.85 bits per heavy atom. The van der Waals surface area contributed by atoms with Crippen LogP contribution < -0.4 is 20.7 Å². The lowest BCUT2D eigenvalue weighted by molar-refractivity contribution is 0.0954. The van der Waals surface area contributed by atoms with Crippen LogP contribution in [-0.4, -0.2) is 44.1 Å². The molecule has 8 heteroatoms. The van der Waals surface area contributed by atoms with Gasteiger partial charge in [-0.15, -0.1) is 0 Å². The average Bonchev–Trinajstić information content (AvgIpc) is 2.98. The number of ether oxygens (including phenoxy) is 1. The number of nitrogens with zero attached hydrogens (tertiary/aromatic N) is 2. The Kier molecular flexibility index (Phi) is 7.02. The van der Waals surface area contributed by atoms with Gasteiger partial charge in [0.1, 0.15) is 11.5 Å². The van der Waals surface area contributed by atoms with Crippen molar-refractivity contribution in [1.29, 1.82) is 0 Å². The molecule has 0 radical (unpaired) electrons. The lowest BCUT2D eigenvalue weighted by Crippen LogP contribution is -2.41. The number of aromatic nitrogens is 1. The van der Waals surface area contributed by atoms with Crippen LogP contribution in [0.25, 0.3) is 0 Å². The molecule has 0 unspecified atom stereocenters. The smallest absolute Gasteiger partial charge is 0.251 e. The Labute approximate surface area is 153 Å². The molecule has 0 atom stereocenters. The normalized spacial score (nSPS) is 11.2. The van der Waals surface area contributed by atoms with Crippen LogP contribution in [0.1, 0.15) is 27.7 Å². The zero-order valence-corrected chi connectivity index (χ0v) is 15.5. The maximum atomic E-state index is 12.1. The van der Waals surface area contributed by atoms with Gasteiger partial charge < -0.3 is 25.1 Å². The van der Waals surface area contributed by atoms with Crippen LogP contribution >= 0.6 is 0 Å². The summed E-state index contributed by atoms with van der Waals surface area (Å²) in [6, 6.07) is 6.96. The minimum atomic E-state index is -0.136. The zero-order valence-electron chi connectivity index (χ0n) is 15.5. The van der Waals surface area contributed by atoms with Crippen molar-refractivity contribution in [2.24, 2.45) is 4.99 Å². The quantitative estimate of drug-likeness (QED) is 0.392. The van der Waals surface area contributed by atoms with E-state index in [0.717, 1.165) is 17.2 Å². The SMILES string of the molecule is CN=C(NCCNC(=O)c1ccc(OC)cc1)NCc1nc(C)c(C)o1. The number of amides is 1. The molecule has 0 spiro atoms. The van der Waals surface area contributed by atoms with Gasteiger partial charge >= 0.3 is 0 Å². The molecule has 1 amide bonds. The fourth-order valence-corrected chi connectivity index (χ4v) is 2.20. The number of aryl methyl sites for hydroxylation is 2. The van der Waals surface area contributed by atoms with Gasteiger partial charge in [0, 0.05) is 25.7 Å². The molecule has 3 N–H and O–H groups in total. The zero-order chi connectivity index (χ0) is 18.9. The Morgan fingerprint density at radius 3 is 2.42 bits per heavy atom. The average molecular weight is 359 g/mol. The van der Waals surface area contributed by atoms with Crippen LogP contribution in [-0.2, 0) is 6.54 Å². The molecule has 0 bridgehead atoms. The van der Waals surface area contributed by atoms with Crippen molar-refractivity contribution in [3.05, 3.63) is 47.2 Å². The summed E-state index contributed by atoms with van der Waals surface area (Å²) >= 11 is 0. The van der Waals surface area contributed by atoms with Crippen molar-refractivity contribution in [3.8, 4) is 5.75 Å². The van der Waals surface area contributed by atoms with Crippen molar-refractivity contribution >= 4 is 11.9 Å². The van der Waals surface area contributed by atoms with E-state index in [2.05, 4.69) is 25.9 Å². The summed E-state index contributed by atoms with van der Waals surface area (Å²) in [5.41, 5.74) is 1.47. The predicted molar refractivity (Wildman–Crippen MR) is 99.5 cm³/mol. The van der Waals surface area contributed by atoms with E-state index in [9.17, 15) is 4.79 Å². The Bertz CT molecular complexity index is 733. The number of hydrogen-bond donors (Lipinski definition) is 3. The van der Waals surface area contributed by atoms with Gasteiger partial charge in [0.15, 0.2) is 5.96 Å². The van der Waals surface area contributed by atoms with E-state index in [0.29, 0.717) is 37.0 Å². The summed E-state index contributed by atoms with van der Waals surface area (Å²) in [7, 11) is 3.27. The first kappa shape index (κ1) is 19.3. The number of carbonyl (C=O) groups excluding carboxylic acids is 1. The number of aliphatic imine (C=N–C) groups is 1. The molecule has 0 saturated heterocycles. The van der Waals surface area contributed by atoms with E-state index in [4.69, 9.17) is 9.15 Å². The minimum absolute atomic E-state index is 0.136. The number of carbonyl (C=O) groups is 1. The number of oxazole rings is 1. The third-order valence-electron chi connectivity index (χ3n) is 3.76. The number of nitrogens with one attached hydrogen (secondary N) is 3. The molecule has 0 aliphatic carbocycles. The third kappa shape index (κ3) is 5.51. The van der Waals surface area contributed by atoms with E-state index < -0.39 is 0 Å². The summed E-state index contributed by atoms with van der Waals surface area (Å²) < 4.78 is 10.6. The molecule has 1 aromatic heterocycles. The van der Waals surface area contributed by atoms with Gasteiger partial charge in [-0.25, -0.2) is 4.98 Å². The number of methoxy groups -OCH3 is 1. The van der Waals surface area contributed by atoms with E-state index in [1.54, 1.807) is 38.4 Å². The summed E-state index contributed by atoms with van der Waals surface area (Å²) in [6.07, 6.45) is 0. The molecular weight excluding hydrogens is 334 g/mol. The summed E-state index contributed by atoms with van der Waals surface area (Å²) in [6.45, 7) is 5.21. The maximum absolute atomic E-state index is 12.1. The highest BCUT2D eigenvalue weighted by Gasteiger charge is 2.07. The first-order valence-electron chi connectivity index (χ1n) is 8.33. The van der Waals surface area contributed by atoms with Crippen molar-refractivity contribution in [2.75, 3.05) is 27.2 Å². The lowest BCUT2D eigenvalue weighted by Gasteiger charge is -2.11. The molecule has 0 saturated carbocycles. The third-order valence-corrected chi connectivity index (χ3v) is 3.76. The Balaban J connectivity index is 1.70. The molecule has 0 aliphatic heterocycles. The van der Waals surface area contributed by atoms with Crippen LogP contribution in [0.2, 0.25) is 0 Å². The predicted octanol–water partition coefficient (Wildman–Crippen LogP) is 1.40. The van der Waals surface area contributed by atoms with Gasteiger partial charge in [-0.05, 0) is 38.1 Å². The second kappa shape index (κ2) is 9.45. The molecule has 2 aromatic rings. The van der Waals surface area contributed by atoms with Crippen LogP contribution in [0.3, 0.4) is 0 Å². The van der Waals surface area contributed by atoms with Crippen molar-refractivity contribution in [3.63, 3.8) is 0 Å². The number of guanidine groups is 1. The maximum Gasteiger partial charge on any atom is 0.251 e. The minimum Gasteiger partial charge on any atom is -0.497 e. The molecule has 26 heavy (non-hydrogen) atoms. The van der Waals surface area contributed by atoms with E-state index in [1.807, 2.05) is 13.8 Å². The molecule has 8 nitrogen and oxygen atoms in total. The van der Waals surface area contributed by atoms with Crippen LogP contribution in [0.15, 0.2) is 33.7 Å². The van der Waals surface area contributed by atoms with Gasteiger partial charge in [0.2, 0.25) is 5.89 Å². The Hall–Kier alpha value is -3.03. The number of benzene rings is 1. The van der Waals surface area contributed by atoms with Crippen molar-refractivity contribution in [2.45, 2.75) is 20.4 Å². The van der Waals surface area contributed by atoms with Crippen LogP contribution in [0.5, 0.6) is 5.75 Å². The molecule has 0 aliphatic rings. The summed E-state index contributed by atoms with van der Waals surface area (Å²) in [5.74, 6) is 2.61. The van der Waals surface area contributed by atoms with Gasteiger partial charge in [0.25, 0.3) is 5.91 Å². The molecule has 1 aromatic carbocycles. The van der Waals surface area contributed by atoms with Crippen molar-refractivity contribution < 1.29 is 13.9 Å². The number of hydrogen-bond acceptors (Lipinski definition) is 5. The summed E-state index contributed by atoms with van der Waals surface area (Å²) in [5, 5.41) is 9.08. The van der Waals surface area contributed by atoms with E-state index in [-0.39, 0.29) is 5.91 Å². The van der Waals surface area contributed by atoms with Gasteiger partial charge in [-0.2, -0.15) is 0 Å². The molecule has 2 rings (SSSR count). The summed E-state index contributed by atoms with van der Waals surface area (Å²) in [4.78, 5) is 20.5. The highest BCUT2D eigenvalue weighted by molar-refractivity contribution is 5.94. The standard InChI is InChI=1S/C18H25N5O3/c1-12-13(2)26-16(23-12)11-22-18(19-3)21-10-9-20-17(24)14-5-7-15(25-4)8-6-14/h5-8H,9-11H2,1-4H3,(H,20,24)(H2,19,21,22). The van der Waals surface area contributed by atoms with Crippen LogP contribution in [0.4, 0.5) is 0 Å². The largest absolute Gasteiger partial charge is 0.497 e. The fraction of sp³-hybridized carbons (Fsp3) is 0.389. The topological polar surface area (TPSA) is 101 Å². The fourth-order valence-electron chi connectivity index (χ4n) is 2.20. The number of rotatable bonds is 7. The highest BCUT2D eigenvalue weighted by Crippen LogP contribution is 2.11. The van der Waals surface area contributed by atoms with Gasteiger partial charge in [-0.3, -0.25) is 9.79 Å².